The Hall–Kier alpha value is -1.66. The molecule has 0 spiro atoms. The number of carboxylic acids is 1. The molecule has 0 aliphatic carbocycles. The highest BCUT2D eigenvalue weighted by Gasteiger charge is 2.10. The van der Waals surface area contributed by atoms with Crippen molar-refractivity contribution in [3.05, 3.63) is 23.4 Å². The molecule has 1 fully saturated rings. The molecule has 0 aromatic carbocycles. The molecule has 2 heterocycles. The van der Waals surface area contributed by atoms with Gasteiger partial charge in [-0.25, -0.2) is 9.78 Å². The summed E-state index contributed by atoms with van der Waals surface area (Å²) >= 11 is 0. The lowest BCUT2D eigenvalue weighted by molar-refractivity contribution is 0.0378. The lowest BCUT2D eigenvalue weighted by Gasteiger charge is -2.26. The summed E-state index contributed by atoms with van der Waals surface area (Å²) in [6.45, 7) is 7.24. The summed E-state index contributed by atoms with van der Waals surface area (Å²) in [5.74, 6) is -0.205. The molecule has 0 bridgehead atoms. The molecule has 110 valence electrons. The maximum absolute atomic E-state index is 10.9. The Morgan fingerprint density at radius 2 is 2.20 bits per heavy atom. The molecule has 0 radical (unpaired) electrons. The van der Waals surface area contributed by atoms with Gasteiger partial charge in [0.15, 0.2) is 0 Å². The molecule has 6 nitrogen and oxygen atoms in total. The zero-order chi connectivity index (χ0) is 14.4. The van der Waals surface area contributed by atoms with Gasteiger partial charge in [-0.2, -0.15) is 0 Å². The number of rotatable bonds is 6. The Bertz CT molecular complexity index is 459. The molecule has 2 N–H and O–H groups in total. The van der Waals surface area contributed by atoms with Crippen molar-refractivity contribution >= 4 is 11.8 Å². The van der Waals surface area contributed by atoms with E-state index in [1.54, 1.807) is 19.1 Å². The van der Waals surface area contributed by atoms with Crippen LogP contribution in [0.1, 0.15) is 22.5 Å². The molecule has 0 unspecified atom stereocenters. The summed E-state index contributed by atoms with van der Waals surface area (Å²) in [4.78, 5) is 17.5. The number of morpholine rings is 1. The summed E-state index contributed by atoms with van der Waals surface area (Å²) in [7, 11) is 0. The van der Waals surface area contributed by atoms with Gasteiger partial charge in [-0.05, 0) is 32.0 Å². The highest BCUT2D eigenvalue weighted by molar-refractivity contribution is 5.89. The van der Waals surface area contributed by atoms with Gasteiger partial charge in [-0.3, -0.25) is 4.90 Å². The van der Waals surface area contributed by atoms with Gasteiger partial charge >= 0.3 is 5.97 Å². The number of aryl methyl sites for hydroxylation is 1. The quantitative estimate of drug-likeness (QED) is 0.763. The topological polar surface area (TPSA) is 74.7 Å². The van der Waals surface area contributed by atoms with Gasteiger partial charge in [0.1, 0.15) is 5.82 Å². The largest absolute Gasteiger partial charge is 0.478 e. The third-order valence-electron chi connectivity index (χ3n) is 3.38. The van der Waals surface area contributed by atoms with Gasteiger partial charge in [0.05, 0.1) is 24.5 Å². The van der Waals surface area contributed by atoms with Gasteiger partial charge in [-0.15, -0.1) is 0 Å². The van der Waals surface area contributed by atoms with Crippen molar-refractivity contribution in [2.45, 2.75) is 13.3 Å². The van der Waals surface area contributed by atoms with Crippen LogP contribution in [0, 0.1) is 6.92 Å². The minimum atomic E-state index is -0.936. The summed E-state index contributed by atoms with van der Waals surface area (Å²) in [5, 5.41) is 12.2. The molecule has 0 amide bonds. The van der Waals surface area contributed by atoms with Crippen molar-refractivity contribution in [1.82, 2.24) is 9.88 Å². The smallest absolute Gasteiger partial charge is 0.337 e. The zero-order valence-corrected chi connectivity index (χ0v) is 11.8. The van der Waals surface area contributed by atoms with Crippen molar-refractivity contribution in [3.8, 4) is 0 Å². The fourth-order valence-corrected chi connectivity index (χ4v) is 2.23. The number of ether oxygens (including phenoxy) is 1. The molecular weight excluding hydrogens is 258 g/mol. The fourth-order valence-electron chi connectivity index (χ4n) is 2.23. The molecule has 6 heteroatoms. The first-order valence-electron chi connectivity index (χ1n) is 6.92. The second-order valence-electron chi connectivity index (χ2n) is 4.87. The van der Waals surface area contributed by atoms with Crippen molar-refractivity contribution in [1.29, 1.82) is 0 Å². The first-order chi connectivity index (χ1) is 9.66. The van der Waals surface area contributed by atoms with E-state index in [-0.39, 0.29) is 5.56 Å². The van der Waals surface area contributed by atoms with Crippen LogP contribution in [0.15, 0.2) is 12.1 Å². The van der Waals surface area contributed by atoms with E-state index in [4.69, 9.17) is 9.84 Å². The minimum absolute atomic E-state index is 0.254. The van der Waals surface area contributed by atoms with E-state index in [0.29, 0.717) is 5.69 Å². The fraction of sp³-hybridized carbons (Fsp3) is 0.571. The van der Waals surface area contributed by atoms with Crippen LogP contribution in [0.4, 0.5) is 5.82 Å². The third-order valence-corrected chi connectivity index (χ3v) is 3.38. The molecule has 0 saturated carbocycles. The Kier molecular flexibility index (Phi) is 5.31. The highest BCUT2D eigenvalue weighted by Crippen LogP contribution is 2.10. The minimum Gasteiger partial charge on any atom is -0.478 e. The average Bonchev–Trinajstić information content (AvgIpc) is 2.44. The summed E-state index contributed by atoms with van der Waals surface area (Å²) in [6.07, 6.45) is 1.03. The van der Waals surface area contributed by atoms with E-state index >= 15 is 0 Å². The molecule has 1 aromatic heterocycles. The Morgan fingerprint density at radius 3 is 2.85 bits per heavy atom. The zero-order valence-electron chi connectivity index (χ0n) is 11.8. The van der Waals surface area contributed by atoms with Gasteiger partial charge in [0, 0.05) is 19.6 Å². The van der Waals surface area contributed by atoms with Crippen molar-refractivity contribution in [2.75, 3.05) is 44.7 Å². The molecule has 1 aliphatic heterocycles. The van der Waals surface area contributed by atoms with Gasteiger partial charge in [0.25, 0.3) is 0 Å². The van der Waals surface area contributed by atoms with Crippen LogP contribution >= 0.6 is 0 Å². The SMILES string of the molecule is Cc1nc(NCCCN2CCOCC2)ccc1C(=O)O. The number of carboxylic acid groups (broad SMARTS) is 1. The summed E-state index contributed by atoms with van der Waals surface area (Å²) in [5.41, 5.74) is 0.791. The van der Waals surface area contributed by atoms with Crippen LogP contribution in [0.5, 0.6) is 0 Å². The number of aromatic carboxylic acids is 1. The van der Waals surface area contributed by atoms with Crippen LogP contribution in [0.3, 0.4) is 0 Å². The lowest BCUT2D eigenvalue weighted by Crippen LogP contribution is -2.37. The maximum atomic E-state index is 10.9. The predicted molar refractivity (Wildman–Crippen MR) is 76.3 cm³/mol. The van der Waals surface area contributed by atoms with E-state index in [1.807, 2.05) is 0 Å². The first kappa shape index (κ1) is 14.7. The van der Waals surface area contributed by atoms with Gasteiger partial charge < -0.3 is 15.2 Å². The first-order valence-corrected chi connectivity index (χ1v) is 6.92. The molecular formula is C14H21N3O3. The monoisotopic (exact) mass is 279 g/mol. The standard InChI is InChI=1S/C14H21N3O3/c1-11-12(14(18)19)3-4-13(16-11)15-5-2-6-17-7-9-20-10-8-17/h3-4H,2,5-10H2,1H3,(H,15,16)(H,18,19). The van der Waals surface area contributed by atoms with Crippen molar-refractivity contribution < 1.29 is 14.6 Å². The van der Waals surface area contributed by atoms with E-state index in [2.05, 4.69) is 15.2 Å². The number of hydrogen-bond donors (Lipinski definition) is 2. The van der Waals surface area contributed by atoms with E-state index in [0.717, 1.165) is 51.6 Å². The van der Waals surface area contributed by atoms with Crippen LogP contribution in [-0.2, 0) is 4.74 Å². The number of anilines is 1. The van der Waals surface area contributed by atoms with E-state index in [9.17, 15) is 4.79 Å². The Balaban J connectivity index is 1.73. The number of nitrogens with zero attached hydrogens (tertiary/aromatic N) is 2. The van der Waals surface area contributed by atoms with Gasteiger partial charge in [0.2, 0.25) is 0 Å². The summed E-state index contributed by atoms with van der Waals surface area (Å²) < 4.78 is 5.30. The van der Waals surface area contributed by atoms with Crippen LogP contribution < -0.4 is 5.32 Å². The molecule has 2 rings (SSSR count). The maximum Gasteiger partial charge on any atom is 0.337 e. The number of pyridine rings is 1. The summed E-state index contributed by atoms with van der Waals surface area (Å²) in [6, 6.07) is 3.31. The second-order valence-corrected chi connectivity index (χ2v) is 4.87. The predicted octanol–water partition coefficient (Wildman–Crippen LogP) is 1.22. The molecule has 20 heavy (non-hydrogen) atoms. The average molecular weight is 279 g/mol. The Labute approximate surface area is 118 Å². The number of nitrogens with one attached hydrogen (secondary N) is 1. The normalized spacial score (nSPS) is 16.1. The van der Waals surface area contributed by atoms with Crippen LogP contribution in [-0.4, -0.2) is 60.4 Å². The third kappa shape index (κ3) is 4.18. The molecule has 1 aromatic rings. The molecule has 1 aliphatic rings. The van der Waals surface area contributed by atoms with Crippen molar-refractivity contribution in [3.63, 3.8) is 0 Å². The molecule has 1 saturated heterocycles. The Morgan fingerprint density at radius 1 is 1.45 bits per heavy atom. The molecule has 0 atom stereocenters. The van der Waals surface area contributed by atoms with Crippen molar-refractivity contribution in [2.24, 2.45) is 0 Å². The second kappa shape index (κ2) is 7.21. The van der Waals surface area contributed by atoms with E-state index in [1.165, 1.54) is 0 Å². The van der Waals surface area contributed by atoms with E-state index < -0.39 is 5.97 Å². The lowest BCUT2D eigenvalue weighted by atomic mass is 10.2. The number of aromatic nitrogens is 1. The van der Waals surface area contributed by atoms with Gasteiger partial charge in [-0.1, -0.05) is 0 Å². The number of hydrogen-bond acceptors (Lipinski definition) is 5. The van der Waals surface area contributed by atoms with Crippen LogP contribution in [0.2, 0.25) is 0 Å². The van der Waals surface area contributed by atoms with Crippen LogP contribution in [0.25, 0.3) is 0 Å². The highest BCUT2D eigenvalue weighted by atomic mass is 16.5. The number of carbonyl (C=O) groups is 1.